The van der Waals surface area contributed by atoms with Gasteiger partial charge in [-0.1, -0.05) is 30.3 Å². The molecule has 1 saturated heterocycles. The van der Waals surface area contributed by atoms with Crippen LogP contribution < -0.4 is 10.4 Å². The predicted molar refractivity (Wildman–Crippen MR) is 107 cm³/mol. The summed E-state index contributed by atoms with van der Waals surface area (Å²) in [6.07, 6.45) is -4.36. The average Bonchev–Trinajstić information content (AvgIpc) is 3.06. The normalized spacial score (nSPS) is 18.7. The predicted octanol–water partition coefficient (Wildman–Crippen LogP) is 3.22. The molecule has 1 aliphatic heterocycles. The number of alkyl halides is 3. The van der Waals surface area contributed by atoms with Crippen molar-refractivity contribution in [2.45, 2.75) is 18.9 Å². The van der Waals surface area contributed by atoms with Gasteiger partial charge in [0.05, 0.1) is 18.1 Å². The summed E-state index contributed by atoms with van der Waals surface area (Å²) in [7, 11) is 1.56. The van der Waals surface area contributed by atoms with Crippen LogP contribution in [0.5, 0.6) is 5.75 Å². The second kappa shape index (κ2) is 8.16. The summed E-state index contributed by atoms with van der Waals surface area (Å²) in [6.45, 7) is 0.851. The van der Waals surface area contributed by atoms with E-state index >= 15 is 0 Å². The first-order valence-electron chi connectivity index (χ1n) is 9.74. The number of aromatic amines is 1. The fourth-order valence-electron chi connectivity index (χ4n) is 4.02. The highest BCUT2D eigenvalue weighted by molar-refractivity contribution is 5.77. The van der Waals surface area contributed by atoms with E-state index in [1.165, 1.54) is 0 Å². The third-order valence-corrected chi connectivity index (χ3v) is 5.63. The van der Waals surface area contributed by atoms with E-state index in [1.807, 2.05) is 35.2 Å². The number of imidazole rings is 1. The van der Waals surface area contributed by atoms with Crippen LogP contribution in [0.25, 0.3) is 11.0 Å². The van der Waals surface area contributed by atoms with Crippen molar-refractivity contribution in [1.82, 2.24) is 19.4 Å². The van der Waals surface area contributed by atoms with Gasteiger partial charge in [0, 0.05) is 44.8 Å². The molecule has 1 aromatic heterocycles. The Morgan fingerprint density at radius 3 is 2.57 bits per heavy atom. The molecule has 1 fully saturated rings. The largest absolute Gasteiger partial charge is 0.497 e. The van der Waals surface area contributed by atoms with E-state index in [0.29, 0.717) is 34.8 Å². The first-order valence-corrected chi connectivity index (χ1v) is 9.74. The minimum absolute atomic E-state index is 0.0938. The van der Waals surface area contributed by atoms with Gasteiger partial charge in [0.25, 0.3) is 0 Å². The molecule has 4 rings (SSSR count). The smallest absolute Gasteiger partial charge is 0.460 e. The Morgan fingerprint density at radius 2 is 1.87 bits per heavy atom. The van der Waals surface area contributed by atoms with Gasteiger partial charge in [0.1, 0.15) is 5.75 Å². The first kappa shape index (κ1) is 20.5. The molecule has 0 radical (unpaired) electrons. The molecule has 1 N–H and O–H groups in total. The molecule has 2 heterocycles. The Bertz CT molecular complexity index is 1060. The summed E-state index contributed by atoms with van der Waals surface area (Å²) in [4.78, 5) is 17.8. The molecule has 1 unspecified atom stereocenters. The van der Waals surface area contributed by atoms with Crippen LogP contribution in [-0.2, 0) is 6.54 Å². The average molecular weight is 420 g/mol. The van der Waals surface area contributed by atoms with E-state index in [1.54, 1.807) is 29.9 Å². The molecular formula is C21H23F3N4O2. The van der Waals surface area contributed by atoms with E-state index in [4.69, 9.17) is 4.74 Å². The lowest BCUT2D eigenvalue weighted by Gasteiger charge is -2.42. The number of benzene rings is 2. The molecule has 1 atom stereocenters. The number of piperazine rings is 1. The van der Waals surface area contributed by atoms with E-state index < -0.39 is 12.3 Å². The third kappa shape index (κ3) is 4.08. The molecular weight excluding hydrogens is 397 g/mol. The number of nitrogens with zero attached hydrogens (tertiary/aromatic N) is 3. The first-order chi connectivity index (χ1) is 14.4. The second-order valence-electron chi connectivity index (χ2n) is 7.34. The lowest BCUT2D eigenvalue weighted by atomic mass is 10.0. The minimum atomic E-state index is -4.36. The van der Waals surface area contributed by atoms with Gasteiger partial charge in [-0.2, -0.15) is 13.2 Å². The number of methoxy groups -OCH3 is 1. The minimum Gasteiger partial charge on any atom is -0.497 e. The Balaban J connectivity index is 1.58. The zero-order chi connectivity index (χ0) is 21.3. The van der Waals surface area contributed by atoms with E-state index in [0.717, 1.165) is 5.56 Å². The molecule has 9 heteroatoms. The summed E-state index contributed by atoms with van der Waals surface area (Å²) >= 11 is 0. The van der Waals surface area contributed by atoms with Gasteiger partial charge in [-0.25, -0.2) is 9.69 Å². The van der Waals surface area contributed by atoms with Gasteiger partial charge in [0.15, 0.2) is 0 Å². The molecule has 0 bridgehead atoms. The van der Waals surface area contributed by atoms with Gasteiger partial charge < -0.3 is 9.72 Å². The van der Waals surface area contributed by atoms with Crippen molar-refractivity contribution < 1.29 is 17.9 Å². The maximum atomic E-state index is 13.3. The summed E-state index contributed by atoms with van der Waals surface area (Å²) in [6, 6.07) is 14.1. The number of hydrogen-bond acceptors (Lipinski definition) is 4. The maximum Gasteiger partial charge on any atom is 0.460 e. The van der Waals surface area contributed by atoms with Crippen molar-refractivity contribution in [3.05, 3.63) is 64.6 Å². The molecule has 2 aromatic carbocycles. The van der Waals surface area contributed by atoms with Crippen molar-refractivity contribution in [1.29, 1.82) is 0 Å². The molecule has 160 valence electrons. The highest BCUT2D eigenvalue weighted by Crippen LogP contribution is 2.31. The number of rotatable bonds is 5. The number of halogens is 3. The quantitative estimate of drug-likeness (QED) is 0.644. The standard InChI is InChI=1S/C21H23F3N4O2/c1-30-16-7-8-17-18(13-16)28(20(29)25-17)12-10-26-9-11-27(21(22,23)24)14-19(26)15-5-3-2-4-6-15/h2-8,13,19H,9-12,14H2,1H3,(H,25,29). The highest BCUT2D eigenvalue weighted by Gasteiger charge is 2.42. The number of ether oxygens (including phenoxy) is 1. The van der Waals surface area contributed by atoms with Crippen molar-refractivity contribution in [2.75, 3.05) is 33.3 Å². The van der Waals surface area contributed by atoms with Crippen LogP contribution in [0, 0.1) is 0 Å². The molecule has 0 saturated carbocycles. The molecule has 30 heavy (non-hydrogen) atoms. The monoisotopic (exact) mass is 420 g/mol. The number of nitrogens with one attached hydrogen (secondary N) is 1. The van der Waals surface area contributed by atoms with Crippen molar-refractivity contribution in [3.8, 4) is 5.75 Å². The fraction of sp³-hybridized carbons (Fsp3) is 0.381. The molecule has 1 aliphatic rings. The number of fused-ring (bicyclic) bond motifs is 1. The molecule has 0 spiro atoms. The van der Waals surface area contributed by atoms with Gasteiger partial charge in [-0.15, -0.1) is 0 Å². The SMILES string of the molecule is COc1ccc2[nH]c(=O)n(CCN3CCN(C(F)(F)F)CC3c3ccccc3)c2c1. The van der Waals surface area contributed by atoms with Crippen LogP contribution in [0.1, 0.15) is 11.6 Å². The van der Waals surface area contributed by atoms with Crippen molar-refractivity contribution in [3.63, 3.8) is 0 Å². The zero-order valence-electron chi connectivity index (χ0n) is 16.5. The molecule has 6 nitrogen and oxygen atoms in total. The lowest BCUT2D eigenvalue weighted by molar-refractivity contribution is -0.257. The van der Waals surface area contributed by atoms with E-state index in [-0.39, 0.29) is 25.3 Å². The summed E-state index contributed by atoms with van der Waals surface area (Å²) < 4.78 is 46.8. The topological polar surface area (TPSA) is 53.5 Å². The van der Waals surface area contributed by atoms with Crippen LogP contribution in [0.4, 0.5) is 13.2 Å². The van der Waals surface area contributed by atoms with Crippen LogP contribution in [0.3, 0.4) is 0 Å². The Hall–Kier alpha value is -2.78. The zero-order valence-corrected chi connectivity index (χ0v) is 16.5. The summed E-state index contributed by atoms with van der Waals surface area (Å²) in [5, 5.41) is 0. The second-order valence-corrected chi connectivity index (χ2v) is 7.34. The Labute approximate surface area is 171 Å². The van der Waals surface area contributed by atoms with Crippen LogP contribution in [0.2, 0.25) is 0 Å². The van der Waals surface area contributed by atoms with E-state index in [2.05, 4.69) is 4.98 Å². The Kier molecular flexibility index (Phi) is 5.57. The Morgan fingerprint density at radius 1 is 1.10 bits per heavy atom. The molecule has 3 aromatic rings. The third-order valence-electron chi connectivity index (χ3n) is 5.63. The van der Waals surface area contributed by atoms with Gasteiger partial charge in [0.2, 0.25) is 0 Å². The van der Waals surface area contributed by atoms with Crippen molar-refractivity contribution in [2.24, 2.45) is 0 Å². The number of hydrogen-bond donors (Lipinski definition) is 1. The van der Waals surface area contributed by atoms with Gasteiger partial charge >= 0.3 is 12.0 Å². The van der Waals surface area contributed by atoms with Crippen LogP contribution in [-0.4, -0.2) is 58.9 Å². The summed E-state index contributed by atoms with van der Waals surface area (Å²) in [5.41, 5.74) is 2.00. The lowest BCUT2D eigenvalue weighted by Crippen LogP contribution is -2.53. The number of aromatic nitrogens is 2. The van der Waals surface area contributed by atoms with Gasteiger partial charge in [-0.3, -0.25) is 9.47 Å². The van der Waals surface area contributed by atoms with E-state index in [9.17, 15) is 18.0 Å². The molecule has 0 amide bonds. The number of H-pyrrole nitrogens is 1. The van der Waals surface area contributed by atoms with Gasteiger partial charge in [-0.05, 0) is 17.7 Å². The molecule has 0 aliphatic carbocycles. The highest BCUT2D eigenvalue weighted by atomic mass is 19.4. The van der Waals surface area contributed by atoms with Crippen LogP contribution >= 0.6 is 0 Å². The van der Waals surface area contributed by atoms with Crippen LogP contribution in [0.15, 0.2) is 53.3 Å². The fourth-order valence-corrected chi connectivity index (χ4v) is 4.02. The maximum absolute atomic E-state index is 13.3. The summed E-state index contributed by atoms with van der Waals surface area (Å²) in [5.74, 6) is 0.635. The van der Waals surface area contributed by atoms with Crippen molar-refractivity contribution >= 4 is 11.0 Å².